The van der Waals surface area contributed by atoms with Crippen molar-refractivity contribution in [1.82, 2.24) is 15.0 Å². The van der Waals surface area contributed by atoms with Gasteiger partial charge in [-0.1, -0.05) is 11.3 Å². The van der Waals surface area contributed by atoms with Crippen molar-refractivity contribution < 1.29 is 4.74 Å². The third kappa shape index (κ3) is 1.48. The van der Waals surface area contributed by atoms with Crippen LogP contribution in [0.2, 0.25) is 0 Å². The van der Waals surface area contributed by atoms with Crippen molar-refractivity contribution in [3.05, 3.63) is 6.33 Å². The predicted octanol–water partition coefficient (Wildman–Crippen LogP) is 1.53. The van der Waals surface area contributed by atoms with Crippen LogP contribution in [-0.2, 0) is 0 Å². The quantitative estimate of drug-likeness (QED) is 0.832. The Morgan fingerprint density at radius 1 is 1.50 bits per heavy atom. The van der Waals surface area contributed by atoms with Crippen LogP contribution in [0.25, 0.3) is 10.3 Å². The zero-order chi connectivity index (χ0) is 9.97. The van der Waals surface area contributed by atoms with Gasteiger partial charge in [0.15, 0.2) is 10.6 Å². The summed E-state index contributed by atoms with van der Waals surface area (Å²) in [7, 11) is 1.81. The van der Waals surface area contributed by atoms with Gasteiger partial charge < -0.3 is 10.1 Å². The zero-order valence-corrected chi connectivity index (χ0v) is 8.76. The number of anilines is 1. The number of aromatic nitrogens is 3. The predicted molar refractivity (Wildman–Crippen MR) is 55.9 cm³/mol. The molecule has 0 aliphatic carbocycles. The Kier molecular flexibility index (Phi) is 2.45. The molecule has 2 rings (SSSR count). The van der Waals surface area contributed by atoms with E-state index in [4.69, 9.17) is 4.74 Å². The summed E-state index contributed by atoms with van der Waals surface area (Å²) in [5.41, 5.74) is 0.767. The summed E-state index contributed by atoms with van der Waals surface area (Å²) in [4.78, 5) is 13.3. The monoisotopic (exact) mass is 210 g/mol. The van der Waals surface area contributed by atoms with Crippen molar-refractivity contribution in [2.45, 2.75) is 6.92 Å². The lowest BCUT2D eigenvalue weighted by Crippen LogP contribution is -1.94. The van der Waals surface area contributed by atoms with Crippen LogP contribution in [-0.4, -0.2) is 28.6 Å². The second kappa shape index (κ2) is 3.75. The molecular weight excluding hydrogens is 200 g/mol. The fourth-order valence-corrected chi connectivity index (χ4v) is 1.92. The lowest BCUT2D eigenvalue weighted by molar-refractivity contribution is 0.339. The first-order chi connectivity index (χ1) is 6.85. The molecular formula is C8H10N4OS. The van der Waals surface area contributed by atoms with E-state index in [9.17, 15) is 0 Å². The first-order valence-electron chi connectivity index (χ1n) is 4.27. The van der Waals surface area contributed by atoms with Crippen LogP contribution >= 0.6 is 11.3 Å². The molecule has 74 valence electrons. The maximum absolute atomic E-state index is 5.30. The third-order valence-electron chi connectivity index (χ3n) is 1.68. The molecule has 0 aliphatic heterocycles. The van der Waals surface area contributed by atoms with E-state index < -0.39 is 0 Å². The average Bonchev–Trinajstić information content (AvgIpc) is 2.60. The lowest BCUT2D eigenvalue weighted by Gasteiger charge is -1.96. The number of hydrogen-bond acceptors (Lipinski definition) is 6. The number of ether oxygens (including phenoxy) is 1. The molecule has 1 N–H and O–H groups in total. The number of hydrogen-bond donors (Lipinski definition) is 1. The normalized spacial score (nSPS) is 10.4. The Balaban J connectivity index is 2.52. The van der Waals surface area contributed by atoms with Crippen LogP contribution in [0.15, 0.2) is 6.33 Å². The molecule has 0 aromatic carbocycles. The molecule has 0 spiro atoms. The Morgan fingerprint density at radius 3 is 3.07 bits per heavy atom. The van der Waals surface area contributed by atoms with Gasteiger partial charge in [-0.05, 0) is 6.92 Å². The minimum absolute atomic E-state index is 0.613. The van der Waals surface area contributed by atoms with Crippen LogP contribution < -0.4 is 10.1 Å². The van der Waals surface area contributed by atoms with Gasteiger partial charge in [-0.2, -0.15) is 4.98 Å². The van der Waals surface area contributed by atoms with Gasteiger partial charge in [0.05, 0.1) is 6.61 Å². The van der Waals surface area contributed by atoms with Crippen LogP contribution in [0.1, 0.15) is 6.92 Å². The maximum atomic E-state index is 5.30. The van der Waals surface area contributed by atoms with Crippen molar-refractivity contribution >= 4 is 27.5 Å². The smallest absolute Gasteiger partial charge is 0.275 e. The summed E-state index contributed by atoms with van der Waals surface area (Å²) in [6.07, 6.45) is 1.52. The molecule has 0 bridgehead atoms. The van der Waals surface area contributed by atoms with E-state index in [0.29, 0.717) is 11.8 Å². The Morgan fingerprint density at radius 2 is 2.36 bits per heavy atom. The van der Waals surface area contributed by atoms with E-state index in [1.165, 1.54) is 17.7 Å². The number of thiazole rings is 1. The summed E-state index contributed by atoms with van der Waals surface area (Å²) in [5.74, 6) is 0.734. The molecule has 0 atom stereocenters. The molecule has 0 radical (unpaired) electrons. The molecule has 2 heterocycles. The van der Waals surface area contributed by atoms with Crippen molar-refractivity contribution in [3.8, 4) is 5.19 Å². The second-order valence-electron chi connectivity index (χ2n) is 2.54. The van der Waals surface area contributed by atoms with E-state index in [1.54, 1.807) is 0 Å². The molecule has 2 aromatic heterocycles. The molecule has 6 heteroatoms. The van der Waals surface area contributed by atoms with Gasteiger partial charge in [0.2, 0.25) is 0 Å². The van der Waals surface area contributed by atoms with Crippen LogP contribution in [0.4, 0.5) is 5.82 Å². The van der Waals surface area contributed by atoms with Crippen LogP contribution in [0.3, 0.4) is 0 Å². The first kappa shape index (κ1) is 9.14. The van der Waals surface area contributed by atoms with E-state index in [-0.39, 0.29) is 0 Å². The van der Waals surface area contributed by atoms with Gasteiger partial charge in [0.25, 0.3) is 5.19 Å². The van der Waals surface area contributed by atoms with E-state index in [1.807, 2.05) is 14.0 Å². The van der Waals surface area contributed by atoms with Gasteiger partial charge in [0.1, 0.15) is 11.8 Å². The lowest BCUT2D eigenvalue weighted by atomic mass is 10.5. The zero-order valence-electron chi connectivity index (χ0n) is 7.94. The number of fused-ring (bicyclic) bond motifs is 1. The van der Waals surface area contributed by atoms with Gasteiger partial charge >= 0.3 is 0 Å². The van der Waals surface area contributed by atoms with Gasteiger partial charge in [-0.25, -0.2) is 9.97 Å². The van der Waals surface area contributed by atoms with Gasteiger partial charge in [-0.15, -0.1) is 0 Å². The minimum atomic E-state index is 0.613. The van der Waals surface area contributed by atoms with Crippen molar-refractivity contribution in [2.24, 2.45) is 0 Å². The molecule has 0 saturated carbocycles. The minimum Gasteiger partial charge on any atom is -0.470 e. The molecule has 0 amide bonds. The summed E-state index contributed by atoms with van der Waals surface area (Å²) < 4.78 is 5.30. The molecule has 5 nitrogen and oxygen atoms in total. The van der Waals surface area contributed by atoms with Crippen molar-refractivity contribution in [3.63, 3.8) is 0 Å². The molecule has 0 aliphatic rings. The Hall–Kier alpha value is -1.43. The maximum Gasteiger partial charge on any atom is 0.275 e. The SMILES string of the molecule is CCOc1nc2c(NC)ncnc2s1. The Labute approximate surface area is 85.2 Å². The average molecular weight is 210 g/mol. The highest BCUT2D eigenvalue weighted by Crippen LogP contribution is 2.28. The van der Waals surface area contributed by atoms with Crippen molar-refractivity contribution in [2.75, 3.05) is 19.0 Å². The number of rotatable bonds is 3. The summed E-state index contributed by atoms with van der Waals surface area (Å²) in [6, 6.07) is 0. The van der Waals surface area contributed by atoms with Crippen LogP contribution in [0, 0.1) is 0 Å². The topological polar surface area (TPSA) is 59.9 Å². The summed E-state index contributed by atoms with van der Waals surface area (Å²) in [6.45, 7) is 2.54. The van der Waals surface area contributed by atoms with Crippen LogP contribution in [0.5, 0.6) is 5.19 Å². The van der Waals surface area contributed by atoms with Gasteiger partial charge in [-0.3, -0.25) is 0 Å². The third-order valence-corrected chi connectivity index (χ3v) is 2.56. The molecule has 14 heavy (non-hydrogen) atoms. The molecule has 0 saturated heterocycles. The standard InChI is InChI=1S/C8H10N4OS/c1-3-13-8-12-5-6(9-2)10-4-11-7(5)14-8/h4H,3H2,1-2H3,(H,9,10,11). The fraction of sp³-hybridized carbons (Fsp3) is 0.375. The number of nitrogens with zero attached hydrogens (tertiary/aromatic N) is 3. The summed E-state index contributed by atoms with van der Waals surface area (Å²) >= 11 is 1.43. The second-order valence-corrected chi connectivity index (χ2v) is 3.48. The molecule has 0 unspecified atom stereocenters. The highest BCUT2D eigenvalue weighted by Gasteiger charge is 2.09. The van der Waals surface area contributed by atoms with Gasteiger partial charge in [0, 0.05) is 7.05 Å². The van der Waals surface area contributed by atoms with E-state index in [2.05, 4.69) is 20.3 Å². The number of nitrogens with one attached hydrogen (secondary N) is 1. The highest BCUT2D eigenvalue weighted by molar-refractivity contribution is 7.19. The fourth-order valence-electron chi connectivity index (χ4n) is 1.10. The van der Waals surface area contributed by atoms with E-state index >= 15 is 0 Å². The molecule has 2 aromatic rings. The largest absolute Gasteiger partial charge is 0.470 e. The molecule has 0 fully saturated rings. The Bertz CT molecular complexity index is 442. The summed E-state index contributed by atoms with van der Waals surface area (Å²) in [5, 5.41) is 3.60. The van der Waals surface area contributed by atoms with Crippen molar-refractivity contribution in [1.29, 1.82) is 0 Å². The first-order valence-corrected chi connectivity index (χ1v) is 5.09. The van der Waals surface area contributed by atoms with E-state index in [0.717, 1.165) is 16.2 Å². The highest BCUT2D eigenvalue weighted by atomic mass is 32.1.